The van der Waals surface area contributed by atoms with Gasteiger partial charge in [0, 0.05) is 31.9 Å². The van der Waals surface area contributed by atoms with Crippen molar-refractivity contribution in [1.82, 2.24) is 9.88 Å². The van der Waals surface area contributed by atoms with Crippen molar-refractivity contribution in [1.29, 1.82) is 0 Å². The molecule has 1 aromatic heterocycles. The Morgan fingerprint density at radius 3 is 2.70 bits per heavy atom. The van der Waals surface area contributed by atoms with Crippen molar-refractivity contribution >= 4 is 11.9 Å². The molecule has 20 heavy (non-hydrogen) atoms. The monoisotopic (exact) mass is 289 g/mol. The molecular weight excluding hydrogens is 275 g/mol. The average Bonchev–Trinajstić information content (AvgIpc) is 2.37. The molecule has 2 rings (SSSR count). The van der Waals surface area contributed by atoms with Gasteiger partial charge < -0.3 is 14.9 Å². The first-order valence-electron chi connectivity index (χ1n) is 6.07. The number of halogens is 3. The minimum absolute atomic E-state index is 0.142. The van der Waals surface area contributed by atoms with Gasteiger partial charge in [-0.25, -0.2) is 9.78 Å². The molecule has 0 saturated carbocycles. The van der Waals surface area contributed by atoms with Crippen LogP contribution >= 0.6 is 0 Å². The highest BCUT2D eigenvalue weighted by molar-refractivity contribution is 5.66. The molecule has 0 radical (unpaired) electrons. The van der Waals surface area contributed by atoms with Crippen LogP contribution in [-0.2, 0) is 6.18 Å². The molecule has 1 N–H and O–H groups in total. The number of carboxylic acid groups (broad SMARTS) is 1. The zero-order valence-corrected chi connectivity index (χ0v) is 10.8. The molecule has 1 amide bonds. The number of hydrogen-bond donors (Lipinski definition) is 1. The van der Waals surface area contributed by atoms with E-state index < -0.39 is 17.8 Å². The molecule has 1 atom stereocenters. The fourth-order valence-corrected chi connectivity index (χ4v) is 2.30. The summed E-state index contributed by atoms with van der Waals surface area (Å²) in [6.07, 6.45) is -4.23. The maximum absolute atomic E-state index is 12.9. The second kappa shape index (κ2) is 5.18. The maximum Gasteiger partial charge on any atom is 0.419 e. The lowest BCUT2D eigenvalue weighted by Gasteiger charge is -2.39. The number of aromatic nitrogens is 1. The van der Waals surface area contributed by atoms with Gasteiger partial charge in [-0.05, 0) is 19.1 Å². The number of hydrogen-bond acceptors (Lipinski definition) is 3. The molecule has 0 aliphatic carbocycles. The van der Waals surface area contributed by atoms with E-state index in [-0.39, 0.29) is 31.5 Å². The molecule has 5 nitrogen and oxygen atoms in total. The number of amides is 1. The van der Waals surface area contributed by atoms with E-state index in [1.54, 1.807) is 6.92 Å². The Balaban J connectivity index is 2.24. The van der Waals surface area contributed by atoms with Gasteiger partial charge in [-0.1, -0.05) is 0 Å². The third kappa shape index (κ3) is 2.78. The SMILES string of the molecule is CC1CN(c2ncccc2C(F)(F)F)CCN1C(=O)O. The Morgan fingerprint density at radius 2 is 2.15 bits per heavy atom. The third-order valence-electron chi connectivity index (χ3n) is 3.26. The molecule has 0 spiro atoms. The van der Waals surface area contributed by atoms with Gasteiger partial charge in [0.1, 0.15) is 5.82 Å². The molecule has 8 heteroatoms. The van der Waals surface area contributed by atoms with Crippen molar-refractivity contribution in [3.63, 3.8) is 0 Å². The van der Waals surface area contributed by atoms with Gasteiger partial charge in [-0.2, -0.15) is 13.2 Å². The Bertz CT molecular complexity index is 507. The molecule has 1 saturated heterocycles. The van der Waals surface area contributed by atoms with Gasteiger partial charge in [0.05, 0.1) is 5.56 Å². The normalized spacial score (nSPS) is 20.1. The molecule has 1 aromatic rings. The van der Waals surface area contributed by atoms with Gasteiger partial charge in [0.2, 0.25) is 0 Å². The van der Waals surface area contributed by atoms with Crippen LogP contribution in [0, 0.1) is 0 Å². The second-order valence-corrected chi connectivity index (χ2v) is 4.64. The number of nitrogens with zero attached hydrogens (tertiary/aromatic N) is 3. The fourth-order valence-electron chi connectivity index (χ4n) is 2.30. The van der Waals surface area contributed by atoms with E-state index in [0.717, 1.165) is 6.07 Å². The molecule has 1 aliphatic heterocycles. The zero-order valence-electron chi connectivity index (χ0n) is 10.8. The van der Waals surface area contributed by atoms with Crippen LogP contribution in [0.3, 0.4) is 0 Å². The predicted octanol–water partition coefficient (Wildman–Crippen LogP) is 2.29. The quantitative estimate of drug-likeness (QED) is 0.862. The van der Waals surface area contributed by atoms with Crippen LogP contribution in [0.5, 0.6) is 0 Å². The topological polar surface area (TPSA) is 56.7 Å². The van der Waals surface area contributed by atoms with E-state index in [1.807, 2.05) is 0 Å². The number of anilines is 1. The Labute approximate surface area is 113 Å². The molecule has 2 heterocycles. The Kier molecular flexibility index (Phi) is 3.74. The summed E-state index contributed by atoms with van der Waals surface area (Å²) in [5.74, 6) is -0.142. The number of alkyl halides is 3. The first-order valence-corrected chi connectivity index (χ1v) is 6.07. The molecule has 110 valence electrons. The third-order valence-corrected chi connectivity index (χ3v) is 3.26. The summed E-state index contributed by atoms with van der Waals surface area (Å²) < 4.78 is 38.8. The minimum atomic E-state index is -4.48. The summed E-state index contributed by atoms with van der Waals surface area (Å²) in [4.78, 5) is 17.5. The number of piperazine rings is 1. The van der Waals surface area contributed by atoms with E-state index >= 15 is 0 Å². The fraction of sp³-hybridized carbons (Fsp3) is 0.500. The van der Waals surface area contributed by atoms with Crippen LogP contribution in [0.1, 0.15) is 12.5 Å². The van der Waals surface area contributed by atoms with Crippen LogP contribution in [0.2, 0.25) is 0 Å². The van der Waals surface area contributed by atoms with Gasteiger partial charge in [-0.3, -0.25) is 0 Å². The van der Waals surface area contributed by atoms with Crippen molar-refractivity contribution < 1.29 is 23.1 Å². The summed E-state index contributed by atoms with van der Waals surface area (Å²) in [5.41, 5.74) is -0.795. The van der Waals surface area contributed by atoms with Crippen molar-refractivity contribution in [3.8, 4) is 0 Å². The van der Waals surface area contributed by atoms with E-state index in [4.69, 9.17) is 5.11 Å². The molecule has 1 unspecified atom stereocenters. The van der Waals surface area contributed by atoms with Crippen LogP contribution in [0.4, 0.5) is 23.8 Å². The van der Waals surface area contributed by atoms with Crippen molar-refractivity contribution in [3.05, 3.63) is 23.9 Å². The number of carbonyl (C=O) groups is 1. The molecule has 0 bridgehead atoms. The standard InChI is InChI=1S/C12H14F3N3O2/c1-8-7-17(5-6-18(8)11(19)20)10-9(12(13,14)15)3-2-4-16-10/h2-4,8H,5-7H2,1H3,(H,19,20). The maximum atomic E-state index is 12.9. The van der Waals surface area contributed by atoms with Crippen LogP contribution in [0.25, 0.3) is 0 Å². The van der Waals surface area contributed by atoms with Crippen molar-refractivity contribution in [2.75, 3.05) is 24.5 Å². The molecule has 1 fully saturated rings. The Hall–Kier alpha value is -1.99. The van der Waals surface area contributed by atoms with Crippen LogP contribution in [0.15, 0.2) is 18.3 Å². The van der Waals surface area contributed by atoms with E-state index in [1.165, 1.54) is 22.1 Å². The first-order chi connectivity index (χ1) is 9.30. The lowest BCUT2D eigenvalue weighted by molar-refractivity contribution is -0.137. The zero-order chi connectivity index (χ0) is 14.9. The van der Waals surface area contributed by atoms with E-state index in [0.29, 0.717) is 0 Å². The smallest absolute Gasteiger partial charge is 0.419 e. The highest BCUT2D eigenvalue weighted by Crippen LogP contribution is 2.35. The second-order valence-electron chi connectivity index (χ2n) is 4.64. The largest absolute Gasteiger partial charge is 0.465 e. The number of rotatable bonds is 1. The first kappa shape index (κ1) is 14.4. The van der Waals surface area contributed by atoms with E-state index in [9.17, 15) is 18.0 Å². The Morgan fingerprint density at radius 1 is 1.45 bits per heavy atom. The molecular formula is C12H14F3N3O2. The summed E-state index contributed by atoms with van der Waals surface area (Å²) in [5, 5.41) is 8.96. The van der Waals surface area contributed by atoms with E-state index in [2.05, 4.69) is 4.98 Å². The van der Waals surface area contributed by atoms with Crippen molar-refractivity contribution in [2.24, 2.45) is 0 Å². The highest BCUT2D eigenvalue weighted by atomic mass is 19.4. The predicted molar refractivity (Wildman–Crippen MR) is 65.6 cm³/mol. The average molecular weight is 289 g/mol. The lowest BCUT2D eigenvalue weighted by Crippen LogP contribution is -2.54. The van der Waals surface area contributed by atoms with Crippen molar-refractivity contribution in [2.45, 2.75) is 19.1 Å². The number of pyridine rings is 1. The molecule has 1 aliphatic rings. The van der Waals surface area contributed by atoms with Gasteiger partial charge >= 0.3 is 12.3 Å². The van der Waals surface area contributed by atoms with Crippen LogP contribution < -0.4 is 4.90 Å². The van der Waals surface area contributed by atoms with Gasteiger partial charge in [-0.15, -0.1) is 0 Å². The summed E-state index contributed by atoms with van der Waals surface area (Å²) in [7, 11) is 0. The lowest BCUT2D eigenvalue weighted by atomic mass is 10.1. The van der Waals surface area contributed by atoms with Gasteiger partial charge in [0.15, 0.2) is 0 Å². The minimum Gasteiger partial charge on any atom is -0.465 e. The summed E-state index contributed by atoms with van der Waals surface area (Å²) in [6.45, 7) is 2.20. The highest BCUT2D eigenvalue weighted by Gasteiger charge is 2.37. The van der Waals surface area contributed by atoms with Gasteiger partial charge in [0.25, 0.3) is 0 Å². The summed E-state index contributed by atoms with van der Waals surface area (Å²) >= 11 is 0. The molecule has 0 aromatic carbocycles. The van der Waals surface area contributed by atoms with Crippen LogP contribution in [-0.4, -0.2) is 46.8 Å². The summed E-state index contributed by atoms with van der Waals surface area (Å²) in [6, 6.07) is 1.84.